The molecule has 0 bridgehead atoms. The summed E-state index contributed by atoms with van der Waals surface area (Å²) in [6, 6.07) is 53.2. The maximum atomic E-state index is 9.29. The molecule has 3 aromatic heterocycles. The lowest BCUT2D eigenvalue weighted by Crippen LogP contribution is -1.84. The van der Waals surface area contributed by atoms with E-state index in [2.05, 4.69) is 101 Å². The van der Waals surface area contributed by atoms with E-state index in [1.54, 1.807) is 0 Å². The summed E-state index contributed by atoms with van der Waals surface area (Å²) >= 11 is 0. The second-order valence-corrected chi connectivity index (χ2v) is 13.2. The van der Waals surface area contributed by atoms with Gasteiger partial charge in [0.25, 0.3) is 0 Å². The molecule has 228 valence electrons. The Kier molecular flexibility index (Phi) is 5.22. The molecule has 0 fully saturated rings. The molecule has 0 radical (unpaired) electrons. The maximum Gasteiger partial charge on any atom is 0.145 e. The quantitative estimate of drug-likeness (QED) is 0.190. The van der Waals surface area contributed by atoms with Crippen molar-refractivity contribution in [2.75, 3.05) is 0 Å². The Morgan fingerprint density at radius 3 is 1.62 bits per heavy atom. The molecule has 0 atom stereocenters. The van der Waals surface area contributed by atoms with Gasteiger partial charge in [-0.2, -0.15) is 10.5 Å². The number of nitriles is 2. The van der Waals surface area contributed by atoms with E-state index in [1.807, 2.05) is 54.6 Å². The van der Waals surface area contributed by atoms with Crippen molar-refractivity contribution in [3.05, 3.63) is 151 Å². The van der Waals surface area contributed by atoms with E-state index >= 15 is 0 Å². The topological polar surface area (TPSA) is 65.1 Å². The summed E-state index contributed by atoms with van der Waals surface area (Å²) in [7, 11) is 0. The lowest BCUT2D eigenvalue weighted by molar-refractivity contribution is 0.673. The van der Waals surface area contributed by atoms with Gasteiger partial charge in [-0.15, -0.1) is 0 Å². The van der Waals surface area contributed by atoms with Gasteiger partial charge in [0.05, 0.1) is 45.2 Å². The minimum absolute atomic E-state index is 0.656. The largest absolute Gasteiger partial charge is 0.455 e. The smallest absolute Gasteiger partial charge is 0.145 e. The van der Waals surface area contributed by atoms with Gasteiger partial charge in [-0.1, -0.05) is 66.7 Å². The van der Waals surface area contributed by atoms with Gasteiger partial charge in [0.2, 0.25) is 0 Å². The summed E-state index contributed by atoms with van der Waals surface area (Å²) in [5.41, 5.74) is 11.0. The number of fused-ring (bicyclic) bond motifs is 12. The number of benzene rings is 8. The molecule has 11 rings (SSSR count). The summed E-state index contributed by atoms with van der Waals surface area (Å²) in [6.45, 7) is 0. The van der Waals surface area contributed by atoms with E-state index in [4.69, 9.17) is 4.42 Å². The Balaban J connectivity index is 1.23. The van der Waals surface area contributed by atoms with Crippen LogP contribution in [-0.2, 0) is 0 Å². The van der Waals surface area contributed by atoms with Gasteiger partial charge in [-0.05, 0) is 117 Å². The van der Waals surface area contributed by atoms with Crippen LogP contribution in [-0.4, -0.2) is 4.40 Å². The minimum atomic E-state index is 0.656. The lowest BCUT2D eigenvalue weighted by atomic mass is 9.97. The highest BCUT2D eigenvalue weighted by atomic mass is 16.3. The Bertz CT molecular complexity index is 3310. The number of para-hydroxylation sites is 1. The van der Waals surface area contributed by atoms with Crippen LogP contribution < -0.4 is 0 Å². The molecule has 0 amide bonds. The molecule has 0 saturated heterocycles. The summed E-state index contributed by atoms with van der Waals surface area (Å²) in [4.78, 5) is 0. The molecule has 4 heteroatoms. The van der Waals surface area contributed by atoms with Gasteiger partial charge in [0.15, 0.2) is 0 Å². The summed E-state index contributed by atoms with van der Waals surface area (Å²) in [6.07, 6.45) is 0. The van der Waals surface area contributed by atoms with Crippen LogP contribution in [0.2, 0.25) is 0 Å². The third-order valence-electron chi connectivity index (χ3n) is 10.5. The van der Waals surface area contributed by atoms with Crippen molar-refractivity contribution in [1.82, 2.24) is 4.40 Å². The van der Waals surface area contributed by atoms with Gasteiger partial charge in [-0.3, -0.25) is 0 Å². The first-order valence-corrected chi connectivity index (χ1v) is 16.6. The Morgan fingerprint density at radius 2 is 1.00 bits per heavy atom. The monoisotopic (exact) mass is 633 g/mol. The number of hydrogen-bond acceptors (Lipinski definition) is 3. The SMILES string of the molecule is N#Cc1ccc(-c2ccc3cc4c(cc3c2)c2cc3c5ccccc5oc3c3c5cc6cc(-c7ccc(C#N)cc7)ccc6cc5n4c23)cc1. The van der Waals surface area contributed by atoms with Crippen molar-refractivity contribution >= 4 is 81.6 Å². The van der Waals surface area contributed by atoms with Crippen LogP contribution in [0.1, 0.15) is 11.1 Å². The zero-order chi connectivity index (χ0) is 33.1. The molecule has 3 heterocycles. The van der Waals surface area contributed by atoms with Crippen LogP contribution in [0.25, 0.3) is 104 Å². The van der Waals surface area contributed by atoms with Crippen molar-refractivity contribution in [1.29, 1.82) is 10.5 Å². The molecule has 0 aliphatic rings. The number of rotatable bonds is 2. The van der Waals surface area contributed by atoms with Crippen molar-refractivity contribution in [2.45, 2.75) is 0 Å². The lowest BCUT2D eigenvalue weighted by Gasteiger charge is -2.07. The molecule has 8 aromatic carbocycles. The molecule has 50 heavy (non-hydrogen) atoms. The van der Waals surface area contributed by atoms with Gasteiger partial charge >= 0.3 is 0 Å². The molecule has 0 N–H and O–H groups in total. The number of nitrogens with zero attached hydrogens (tertiary/aromatic N) is 3. The highest BCUT2D eigenvalue weighted by molar-refractivity contribution is 6.34. The van der Waals surface area contributed by atoms with Crippen LogP contribution >= 0.6 is 0 Å². The molecular formula is C46H23N3O. The summed E-state index contributed by atoms with van der Waals surface area (Å²) < 4.78 is 9.13. The first kappa shape index (κ1) is 26.9. The van der Waals surface area contributed by atoms with Crippen LogP contribution in [0.3, 0.4) is 0 Å². The van der Waals surface area contributed by atoms with Crippen LogP contribution in [0, 0.1) is 22.7 Å². The molecule has 0 aliphatic heterocycles. The third-order valence-corrected chi connectivity index (χ3v) is 10.5. The molecule has 4 nitrogen and oxygen atoms in total. The van der Waals surface area contributed by atoms with Crippen LogP contribution in [0.4, 0.5) is 0 Å². The predicted octanol–water partition coefficient (Wildman–Crippen LogP) is 12.1. The van der Waals surface area contributed by atoms with E-state index in [1.165, 1.54) is 32.6 Å². The molecular weight excluding hydrogens is 611 g/mol. The molecule has 0 saturated carbocycles. The molecule has 11 aromatic rings. The fourth-order valence-electron chi connectivity index (χ4n) is 8.10. The number of aromatic nitrogens is 1. The predicted molar refractivity (Wildman–Crippen MR) is 204 cm³/mol. The Labute approximate surface area is 285 Å². The highest BCUT2D eigenvalue weighted by Crippen LogP contribution is 2.47. The first-order chi connectivity index (χ1) is 24.6. The van der Waals surface area contributed by atoms with Crippen molar-refractivity contribution < 1.29 is 4.42 Å². The van der Waals surface area contributed by atoms with Gasteiger partial charge in [-0.25, -0.2) is 0 Å². The van der Waals surface area contributed by atoms with E-state index in [9.17, 15) is 10.5 Å². The fourth-order valence-corrected chi connectivity index (χ4v) is 8.10. The van der Waals surface area contributed by atoms with Gasteiger partial charge in [0, 0.05) is 26.9 Å². The van der Waals surface area contributed by atoms with E-state index < -0.39 is 0 Å². The molecule has 0 aliphatic carbocycles. The van der Waals surface area contributed by atoms with Crippen LogP contribution in [0.15, 0.2) is 144 Å². The molecule has 0 spiro atoms. The average molecular weight is 634 g/mol. The second kappa shape index (κ2) is 9.70. The average Bonchev–Trinajstić information content (AvgIpc) is 3.81. The first-order valence-electron chi connectivity index (χ1n) is 16.6. The standard InChI is InChI=1S/C46H23N3O/c47-24-26-5-9-28(10-6-26)30-13-15-32-21-41-37(19-34(32)17-30)38-23-39-36-3-1-2-4-43(36)50-46(39)44-40-20-35-18-31(29-11-7-27(25-48)8-12-29)14-16-33(35)22-42(40)49(41)45(38)44/h1-23H. The Morgan fingerprint density at radius 1 is 0.440 bits per heavy atom. The van der Waals surface area contributed by atoms with E-state index in [-0.39, 0.29) is 0 Å². The maximum absolute atomic E-state index is 9.29. The summed E-state index contributed by atoms with van der Waals surface area (Å²) in [5, 5.41) is 30.2. The zero-order valence-corrected chi connectivity index (χ0v) is 26.5. The van der Waals surface area contributed by atoms with E-state index in [0.717, 1.165) is 71.3 Å². The minimum Gasteiger partial charge on any atom is -0.455 e. The van der Waals surface area contributed by atoms with Crippen molar-refractivity contribution in [2.24, 2.45) is 0 Å². The Hall–Kier alpha value is -7.14. The van der Waals surface area contributed by atoms with Crippen LogP contribution in [0.5, 0.6) is 0 Å². The number of furan rings is 1. The van der Waals surface area contributed by atoms with Gasteiger partial charge < -0.3 is 8.82 Å². The highest BCUT2D eigenvalue weighted by Gasteiger charge is 2.24. The second-order valence-electron chi connectivity index (χ2n) is 13.2. The molecule has 0 unspecified atom stereocenters. The fraction of sp³-hybridized carbons (Fsp3) is 0. The third kappa shape index (κ3) is 3.62. The van der Waals surface area contributed by atoms with Crippen molar-refractivity contribution in [3.8, 4) is 34.4 Å². The number of hydrogen-bond donors (Lipinski definition) is 0. The van der Waals surface area contributed by atoms with E-state index in [0.29, 0.717) is 11.1 Å². The van der Waals surface area contributed by atoms with Gasteiger partial charge in [0.1, 0.15) is 11.2 Å². The zero-order valence-electron chi connectivity index (χ0n) is 26.5. The van der Waals surface area contributed by atoms with Crippen molar-refractivity contribution in [3.63, 3.8) is 0 Å². The summed E-state index contributed by atoms with van der Waals surface area (Å²) in [5.74, 6) is 0. The normalized spacial score (nSPS) is 12.0.